The van der Waals surface area contributed by atoms with Gasteiger partial charge in [0, 0.05) is 0 Å². The van der Waals surface area contributed by atoms with E-state index in [0.29, 0.717) is 17.7 Å². The van der Waals surface area contributed by atoms with Crippen LogP contribution in [0.3, 0.4) is 0 Å². The fraction of sp³-hybridized carbons (Fsp3) is 0.357. The van der Waals surface area contributed by atoms with Crippen LogP contribution < -0.4 is 10.2 Å². The second kappa shape index (κ2) is 4.61. The van der Waals surface area contributed by atoms with Crippen LogP contribution in [0.15, 0.2) is 18.2 Å². The Hall–Kier alpha value is -2.31. The minimum Gasteiger partial charge on any atom is -0.276 e. The first-order chi connectivity index (χ1) is 9.97. The lowest BCUT2D eigenvalue weighted by molar-refractivity contribution is -0.142. The molecule has 0 atom stereocenters. The summed E-state index contributed by atoms with van der Waals surface area (Å²) in [7, 11) is 0. The van der Waals surface area contributed by atoms with Gasteiger partial charge < -0.3 is 0 Å². The van der Waals surface area contributed by atoms with E-state index in [1.807, 2.05) is 5.32 Å². The van der Waals surface area contributed by atoms with Gasteiger partial charge >= 0.3 is 6.03 Å². The average Bonchev–Trinajstić information content (AvgIpc) is 2.91. The highest BCUT2D eigenvalue weighted by Gasteiger charge is 2.56. The van der Waals surface area contributed by atoms with Gasteiger partial charge in [-0.05, 0) is 25.0 Å². The van der Waals surface area contributed by atoms with E-state index >= 15 is 0 Å². The molecule has 1 aliphatic heterocycles. The summed E-state index contributed by atoms with van der Waals surface area (Å²) in [6.45, 7) is 0. The van der Waals surface area contributed by atoms with Crippen LogP contribution in [0.5, 0.6) is 0 Å². The van der Waals surface area contributed by atoms with Gasteiger partial charge in [0.2, 0.25) is 5.91 Å². The van der Waals surface area contributed by atoms with Crippen molar-refractivity contribution in [2.45, 2.75) is 25.7 Å². The number of barbiturate groups is 1. The first kappa shape index (κ1) is 13.7. The summed E-state index contributed by atoms with van der Waals surface area (Å²) >= 11 is 0. The lowest BCUT2D eigenvalue weighted by Gasteiger charge is -2.36. The van der Waals surface area contributed by atoms with Crippen molar-refractivity contribution in [2.24, 2.45) is 5.41 Å². The smallest absolute Gasteiger partial charge is 0.276 e. The summed E-state index contributed by atoms with van der Waals surface area (Å²) in [5.41, 5.74) is -2.12. The van der Waals surface area contributed by atoms with Crippen molar-refractivity contribution in [1.29, 1.82) is 0 Å². The fourth-order valence-electron chi connectivity index (χ4n) is 3.00. The summed E-state index contributed by atoms with van der Waals surface area (Å²) in [6.07, 6.45) is 1.86. The third-order valence-electron chi connectivity index (χ3n) is 4.09. The number of nitrogens with zero attached hydrogens (tertiary/aromatic N) is 1. The molecular formula is C14H12F2N2O3. The van der Waals surface area contributed by atoms with Crippen LogP contribution in [0, 0.1) is 17.0 Å². The zero-order valence-corrected chi connectivity index (χ0v) is 11.0. The molecule has 0 radical (unpaired) electrons. The van der Waals surface area contributed by atoms with Crippen molar-refractivity contribution in [1.82, 2.24) is 5.32 Å². The first-order valence-corrected chi connectivity index (χ1v) is 6.61. The van der Waals surface area contributed by atoms with Crippen LogP contribution in [0.2, 0.25) is 0 Å². The molecule has 1 spiro atoms. The monoisotopic (exact) mass is 294 g/mol. The van der Waals surface area contributed by atoms with Crippen LogP contribution in [0.4, 0.5) is 19.3 Å². The van der Waals surface area contributed by atoms with Gasteiger partial charge in [-0.1, -0.05) is 18.9 Å². The third kappa shape index (κ3) is 1.84. The highest BCUT2D eigenvalue weighted by Crippen LogP contribution is 2.43. The number of carbonyl (C=O) groups excluding carboxylic acids is 3. The van der Waals surface area contributed by atoms with Gasteiger partial charge in [-0.15, -0.1) is 0 Å². The third-order valence-corrected chi connectivity index (χ3v) is 4.09. The van der Waals surface area contributed by atoms with E-state index in [1.54, 1.807) is 0 Å². The predicted molar refractivity (Wildman–Crippen MR) is 68.3 cm³/mol. The van der Waals surface area contributed by atoms with Gasteiger partial charge in [-0.3, -0.25) is 14.9 Å². The number of rotatable bonds is 1. The van der Waals surface area contributed by atoms with Gasteiger partial charge in [0.15, 0.2) is 0 Å². The van der Waals surface area contributed by atoms with Crippen molar-refractivity contribution in [3.8, 4) is 0 Å². The SMILES string of the molecule is O=C1NC(=O)C2(CCCC2)C(=O)N1c1c(F)cccc1F. The highest BCUT2D eigenvalue weighted by atomic mass is 19.1. The molecule has 1 aromatic carbocycles. The van der Waals surface area contributed by atoms with Crippen molar-refractivity contribution < 1.29 is 23.2 Å². The Morgan fingerprint density at radius 3 is 2.19 bits per heavy atom. The van der Waals surface area contributed by atoms with Gasteiger partial charge in [0.1, 0.15) is 22.7 Å². The molecule has 1 aromatic rings. The molecule has 1 heterocycles. The first-order valence-electron chi connectivity index (χ1n) is 6.61. The van der Waals surface area contributed by atoms with Crippen molar-refractivity contribution in [2.75, 3.05) is 4.90 Å². The van der Waals surface area contributed by atoms with Gasteiger partial charge in [-0.2, -0.15) is 0 Å². The minimum atomic E-state index is -1.39. The molecule has 0 unspecified atom stereocenters. The molecule has 5 nitrogen and oxygen atoms in total. The topological polar surface area (TPSA) is 66.5 Å². The number of amides is 4. The highest BCUT2D eigenvalue weighted by molar-refractivity contribution is 6.30. The Labute approximate surface area is 118 Å². The summed E-state index contributed by atoms with van der Waals surface area (Å²) in [4.78, 5) is 36.9. The normalized spacial score (nSPS) is 21.0. The standard InChI is InChI=1S/C14H12F2N2O3/c15-8-4-3-5-9(16)10(8)18-12(20)14(6-1-2-7-14)11(19)17-13(18)21/h3-5H,1-2,6-7H2,(H,17,19,21). The number of hydrogen-bond acceptors (Lipinski definition) is 3. The molecule has 110 valence electrons. The van der Waals surface area contributed by atoms with Crippen LogP contribution in [-0.2, 0) is 9.59 Å². The maximum absolute atomic E-state index is 13.9. The molecule has 4 amide bonds. The molecule has 0 bridgehead atoms. The molecule has 1 saturated carbocycles. The second-order valence-electron chi connectivity index (χ2n) is 5.26. The molecule has 2 fully saturated rings. The quantitative estimate of drug-likeness (QED) is 0.807. The molecule has 3 rings (SSSR count). The zero-order valence-electron chi connectivity index (χ0n) is 11.0. The zero-order chi connectivity index (χ0) is 15.2. The summed E-state index contributed by atoms with van der Waals surface area (Å²) in [6, 6.07) is 1.93. The Balaban J connectivity index is 2.11. The molecule has 2 aliphatic rings. The largest absolute Gasteiger partial charge is 0.335 e. The molecule has 1 N–H and O–H groups in total. The van der Waals surface area contributed by atoms with Crippen molar-refractivity contribution >= 4 is 23.5 Å². The number of urea groups is 1. The number of hydrogen-bond donors (Lipinski definition) is 1. The lowest BCUT2D eigenvalue weighted by Crippen LogP contribution is -2.63. The summed E-state index contributed by atoms with van der Waals surface area (Å²) < 4.78 is 27.7. The minimum absolute atomic E-state index is 0.275. The van der Waals surface area contributed by atoms with E-state index in [2.05, 4.69) is 0 Å². The Kier molecular flexibility index (Phi) is 3.00. The molecule has 0 aromatic heterocycles. The number of imide groups is 2. The average molecular weight is 294 g/mol. The number of para-hydroxylation sites is 1. The Morgan fingerprint density at radius 1 is 1.05 bits per heavy atom. The predicted octanol–water partition coefficient (Wildman–Crippen LogP) is 2.11. The summed E-state index contributed by atoms with van der Waals surface area (Å²) in [5.74, 6) is -3.58. The number of benzene rings is 1. The molecule has 7 heteroatoms. The van der Waals surface area contributed by atoms with E-state index in [1.165, 1.54) is 0 Å². The maximum Gasteiger partial charge on any atom is 0.335 e. The van der Waals surface area contributed by atoms with Gasteiger partial charge in [-0.25, -0.2) is 18.5 Å². The van der Waals surface area contributed by atoms with E-state index in [0.717, 1.165) is 18.2 Å². The number of carbonyl (C=O) groups is 3. The van der Waals surface area contributed by atoms with Gasteiger partial charge in [0.25, 0.3) is 5.91 Å². The van der Waals surface area contributed by atoms with E-state index in [-0.39, 0.29) is 12.8 Å². The van der Waals surface area contributed by atoms with Crippen LogP contribution in [0.25, 0.3) is 0 Å². The van der Waals surface area contributed by atoms with Gasteiger partial charge in [0.05, 0.1) is 0 Å². The van der Waals surface area contributed by atoms with Crippen LogP contribution >= 0.6 is 0 Å². The second-order valence-corrected chi connectivity index (χ2v) is 5.26. The molecular weight excluding hydrogens is 282 g/mol. The fourth-order valence-corrected chi connectivity index (χ4v) is 3.00. The van der Waals surface area contributed by atoms with Crippen LogP contribution in [0.1, 0.15) is 25.7 Å². The number of anilines is 1. The maximum atomic E-state index is 13.9. The van der Waals surface area contributed by atoms with Crippen molar-refractivity contribution in [3.63, 3.8) is 0 Å². The van der Waals surface area contributed by atoms with Crippen LogP contribution in [-0.4, -0.2) is 17.8 Å². The van der Waals surface area contributed by atoms with Crippen molar-refractivity contribution in [3.05, 3.63) is 29.8 Å². The Morgan fingerprint density at radius 2 is 1.62 bits per heavy atom. The number of halogens is 2. The Bertz CT molecular complexity index is 633. The molecule has 1 aliphatic carbocycles. The van der Waals surface area contributed by atoms with E-state index < -0.39 is 40.6 Å². The van der Waals surface area contributed by atoms with E-state index in [4.69, 9.17) is 0 Å². The summed E-state index contributed by atoms with van der Waals surface area (Å²) in [5, 5.41) is 2.04. The lowest BCUT2D eigenvalue weighted by atomic mass is 9.82. The number of nitrogens with one attached hydrogen (secondary N) is 1. The molecule has 21 heavy (non-hydrogen) atoms. The molecule has 1 saturated heterocycles. The van der Waals surface area contributed by atoms with E-state index in [9.17, 15) is 23.2 Å².